The fraction of sp³-hybridized carbons (Fsp3) is 1.00. The average Bonchev–Trinajstić information content (AvgIpc) is 2.14. The van der Waals surface area contributed by atoms with Crippen LogP contribution >= 0.6 is 0 Å². The highest BCUT2D eigenvalue weighted by Gasteiger charge is 2.24. The van der Waals surface area contributed by atoms with Gasteiger partial charge >= 0.3 is 0 Å². The Morgan fingerprint density at radius 2 is 1.81 bits per heavy atom. The Morgan fingerprint density at radius 1 is 1.25 bits per heavy atom. The molecule has 1 aliphatic rings. The quantitative estimate of drug-likeness (QED) is 0.778. The predicted octanol–water partition coefficient (Wildman–Crippen LogP) is 1.72. The van der Waals surface area contributed by atoms with Crippen molar-refractivity contribution in [3.63, 3.8) is 0 Å². The van der Waals surface area contributed by atoms with Crippen LogP contribution in [0.15, 0.2) is 0 Å². The van der Waals surface area contributed by atoms with Crippen LogP contribution in [0.4, 0.5) is 0 Å². The Kier molecular flexibility index (Phi) is 5.73. The first-order chi connectivity index (χ1) is 7.51. The predicted molar refractivity (Wildman–Crippen MR) is 68.4 cm³/mol. The summed E-state index contributed by atoms with van der Waals surface area (Å²) in [5, 5.41) is 0. The van der Waals surface area contributed by atoms with Gasteiger partial charge in [-0.05, 0) is 38.6 Å². The Morgan fingerprint density at radius 3 is 2.25 bits per heavy atom. The van der Waals surface area contributed by atoms with Crippen molar-refractivity contribution in [3.8, 4) is 0 Å². The molecule has 3 unspecified atom stereocenters. The van der Waals surface area contributed by atoms with Gasteiger partial charge in [0.2, 0.25) is 0 Å². The van der Waals surface area contributed by atoms with E-state index in [-0.39, 0.29) is 0 Å². The molecule has 16 heavy (non-hydrogen) atoms. The monoisotopic (exact) mass is 228 g/mol. The fourth-order valence-corrected chi connectivity index (χ4v) is 2.71. The minimum atomic E-state index is 0.362. The molecule has 0 aromatic heterocycles. The van der Waals surface area contributed by atoms with E-state index >= 15 is 0 Å². The summed E-state index contributed by atoms with van der Waals surface area (Å²) < 4.78 is 5.74. The van der Waals surface area contributed by atoms with Gasteiger partial charge < -0.3 is 10.5 Å². The summed E-state index contributed by atoms with van der Waals surface area (Å²) in [6.07, 6.45) is 1.96. The number of hydrogen-bond donors (Lipinski definition) is 1. The minimum Gasteiger partial charge on any atom is -0.373 e. The second-order valence-electron chi connectivity index (χ2n) is 5.71. The van der Waals surface area contributed by atoms with E-state index < -0.39 is 0 Å². The minimum absolute atomic E-state index is 0.362. The zero-order valence-corrected chi connectivity index (χ0v) is 11.3. The Balaban J connectivity index is 2.38. The van der Waals surface area contributed by atoms with Gasteiger partial charge in [0.15, 0.2) is 0 Å². The first-order valence-corrected chi connectivity index (χ1v) is 6.59. The van der Waals surface area contributed by atoms with E-state index in [2.05, 4.69) is 32.6 Å². The molecular weight excluding hydrogens is 200 g/mol. The summed E-state index contributed by atoms with van der Waals surface area (Å²) in [5.74, 6) is 1.38. The van der Waals surface area contributed by atoms with Crippen LogP contribution in [0.2, 0.25) is 0 Å². The molecule has 2 N–H and O–H groups in total. The Hall–Kier alpha value is -0.120. The number of hydrogen-bond acceptors (Lipinski definition) is 3. The third-order valence-electron chi connectivity index (χ3n) is 3.15. The van der Waals surface area contributed by atoms with Crippen LogP contribution in [-0.2, 0) is 4.74 Å². The molecular formula is C13H28N2O. The molecule has 1 heterocycles. The number of ether oxygens (including phenoxy) is 1. The highest BCUT2D eigenvalue weighted by molar-refractivity contribution is 4.76. The first kappa shape index (κ1) is 13.9. The van der Waals surface area contributed by atoms with Crippen molar-refractivity contribution in [1.82, 2.24) is 4.90 Å². The van der Waals surface area contributed by atoms with Crippen molar-refractivity contribution in [2.75, 3.05) is 26.2 Å². The molecule has 0 aromatic carbocycles. The van der Waals surface area contributed by atoms with E-state index in [4.69, 9.17) is 10.5 Å². The van der Waals surface area contributed by atoms with Gasteiger partial charge in [0.05, 0.1) is 12.2 Å². The van der Waals surface area contributed by atoms with Gasteiger partial charge in [-0.15, -0.1) is 0 Å². The smallest absolute Gasteiger partial charge is 0.0678 e. The summed E-state index contributed by atoms with van der Waals surface area (Å²) in [6, 6.07) is 0. The third kappa shape index (κ3) is 4.81. The van der Waals surface area contributed by atoms with Gasteiger partial charge in [-0.3, -0.25) is 4.90 Å². The number of nitrogens with two attached hydrogens (primary N) is 1. The fourth-order valence-electron chi connectivity index (χ4n) is 2.71. The second-order valence-corrected chi connectivity index (χ2v) is 5.71. The van der Waals surface area contributed by atoms with Crippen LogP contribution in [0, 0.1) is 11.8 Å². The molecule has 1 fully saturated rings. The molecule has 1 aliphatic heterocycles. The van der Waals surface area contributed by atoms with Crippen molar-refractivity contribution in [3.05, 3.63) is 0 Å². The maximum atomic E-state index is 5.85. The molecule has 1 saturated heterocycles. The summed E-state index contributed by atoms with van der Waals surface area (Å²) in [7, 11) is 0. The van der Waals surface area contributed by atoms with Crippen LogP contribution in [0.3, 0.4) is 0 Å². The largest absolute Gasteiger partial charge is 0.373 e. The normalized spacial score (nSPS) is 29.6. The molecule has 0 saturated carbocycles. The van der Waals surface area contributed by atoms with Gasteiger partial charge in [0.25, 0.3) is 0 Å². The van der Waals surface area contributed by atoms with Gasteiger partial charge in [0.1, 0.15) is 0 Å². The number of nitrogens with zero attached hydrogens (tertiary/aromatic N) is 1. The lowest BCUT2D eigenvalue weighted by molar-refractivity contribution is -0.0716. The van der Waals surface area contributed by atoms with Crippen LogP contribution < -0.4 is 5.73 Å². The number of rotatable bonds is 5. The molecule has 0 spiro atoms. The van der Waals surface area contributed by atoms with Crippen LogP contribution in [0.1, 0.15) is 34.1 Å². The van der Waals surface area contributed by atoms with E-state index in [9.17, 15) is 0 Å². The topological polar surface area (TPSA) is 38.5 Å². The van der Waals surface area contributed by atoms with Crippen molar-refractivity contribution < 1.29 is 4.74 Å². The van der Waals surface area contributed by atoms with E-state index in [1.807, 2.05) is 0 Å². The van der Waals surface area contributed by atoms with Crippen molar-refractivity contribution in [1.29, 1.82) is 0 Å². The first-order valence-electron chi connectivity index (χ1n) is 6.59. The van der Waals surface area contributed by atoms with E-state index in [1.54, 1.807) is 0 Å². The lowest BCUT2D eigenvalue weighted by Gasteiger charge is -2.37. The second kappa shape index (κ2) is 6.58. The maximum absolute atomic E-state index is 5.85. The highest BCUT2D eigenvalue weighted by atomic mass is 16.5. The van der Waals surface area contributed by atoms with Gasteiger partial charge in [-0.25, -0.2) is 0 Å². The Bertz CT molecular complexity index is 186. The van der Waals surface area contributed by atoms with Crippen molar-refractivity contribution in [2.24, 2.45) is 17.6 Å². The van der Waals surface area contributed by atoms with Gasteiger partial charge in [0, 0.05) is 19.6 Å². The van der Waals surface area contributed by atoms with Gasteiger partial charge in [-0.1, -0.05) is 13.8 Å². The molecule has 0 radical (unpaired) electrons. The molecule has 3 heteroatoms. The molecule has 0 amide bonds. The summed E-state index contributed by atoms with van der Waals surface area (Å²) in [4.78, 5) is 2.51. The summed E-state index contributed by atoms with van der Waals surface area (Å²) in [6.45, 7) is 12.9. The summed E-state index contributed by atoms with van der Waals surface area (Å²) >= 11 is 0. The average molecular weight is 228 g/mol. The molecule has 0 bridgehead atoms. The molecule has 0 aliphatic carbocycles. The molecule has 3 atom stereocenters. The molecule has 96 valence electrons. The maximum Gasteiger partial charge on any atom is 0.0678 e. The van der Waals surface area contributed by atoms with E-state index in [0.717, 1.165) is 32.1 Å². The van der Waals surface area contributed by atoms with Crippen molar-refractivity contribution in [2.45, 2.75) is 46.3 Å². The van der Waals surface area contributed by atoms with Gasteiger partial charge in [-0.2, -0.15) is 0 Å². The standard InChI is InChI=1S/C13H28N2O/c1-10(2)5-13(6-14)9-15-7-11(3)16-12(4)8-15/h10-13H,5-9,14H2,1-4H3. The van der Waals surface area contributed by atoms with E-state index in [0.29, 0.717) is 18.1 Å². The van der Waals surface area contributed by atoms with E-state index in [1.165, 1.54) is 6.42 Å². The zero-order chi connectivity index (χ0) is 12.1. The molecule has 3 nitrogen and oxygen atoms in total. The highest BCUT2D eigenvalue weighted by Crippen LogP contribution is 2.16. The van der Waals surface area contributed by atoms with Crippen LogP contribution in [-0.4, -0.2) is 43.3 Å². The Labute approximate surface area is 100 Å². The molecule has 0 aromatic rings. The number of morpholine rings is 1. The summed E-state index contributed by atoms with van der Waals surface area (Å²) in [5.41, 5.74) is 5.85. The van der Waals surface area contributed by atoms with Crippen LogP contribution in [0.5, 0.6) is 0 Å². The lowest BCUT2D eigenvalue weighted by Crippen LogP contribution is -2.47. The molecule has 1 rings (SSSR count). The lowest BCUT2D eigenvalue weighted by atomic mass is 9.96. The third-order valence-corrected chi connectivity index (χ3v) is 3.15. The van der Waals surface area contributed by atoms with Crippen LogP contribution in [0.25, 0.3) is 0 Å². The zero-order valence-electron chi connectivity index (χ0n) is 11.3. The SMILES string of the molecule is CC(C)CC(CN)CN1CC(C)OC(C)C1. The van der Waals surface area contributed by atoms with Crippen molar-refractivity contribution >= 4 is 0 Å².